The summed E-state index contributed by atoms with van der Waals surface area (Å²) in [5, 5.41) is 6.04. The van der Waals surface area contributed by atoms with Crippen LogP contribution in [0.5, 0.6) is 0 Å². The number of hydrogen-bond donors (Lipinski definition) is 0. The van der Waals surface area contributed by atoms with Crippen LogP contribution in [0.4, 0.5) is 5.95 Å². The van der Waals surface area contributed by atoms with E-state index in [1.165, 1.54) is 0 Å². The Morgan fingerprint density at radius 2 is 1.41 bits per heavy atom. The van der Waals surface area contributed by atoms with Gasteiger partial charge >= 0.3 is 0 Å². The number of hydrazone groups is 1. The number of rotatable bonds is 5. The zero-order chi connectivity index (χ0) is 18.5. The zero-order valence-electron chi connectivity index (χ0n) is 14.9. The first-order valence-corrected chi connectivity index (χ1v) is 8.61. The first-order chi connectivity index (χ1) is 13.3. The highest BCUT2D eigenvalue weighted by Gasteiger charge is 2.11. The Balaban J connectivity index is 1.76. The van der Waals surface area contributed by atoms with E-state index in [-0.39, 0.29) is 0 Å². The summed E-state index contributed by atoms with van der Waals surface area (Å²) < 4.78 is 5.29. The third-order valence-corrected chi connectivity index (χ3v) is 4.04. The summed E-state index contributed by atoms with van der Waals surface area (Å²) in [6.07, 6.45) is 3.25. The molecule has 2 aromatic heterocycles. The molecule has 0 bridgehead atoms. The van der Waals surface area contributed by atoms with Gasteiger partial charge in [0.2, 0.25) is 5.95 Å². The summed E-state index contributed by atoms with van der Waals surface area (Å²) >= 11 is 0. The van der Waals surface area contributed by atoms with Gasteiger partial charge in [0.15, 0.2) is 0 Å². The van der Waals surface area contributed by atoms with Crippen LogP contribution in [0.15, 0.2) is 94.6 Å². The molecule has 0 amide bonds. The van der Waals surface area contributed by atoms with Crippen molar-refractivity contribution in [2.75, 3.05) is 12.1 Å². The highest BCUT2D eigenvalue weighted by molar-refractivity contribution is 5.76. The van der Waals surface area contributed by atoms with E-state index in [1.807, 2.05) is 85.9 Å². The molecular weight excluding hydrogens is 336 g/mol. The van der Waals surface area contributed by atoms with Gasteiger partial charge in [-0.15, -0.1) is 0 Å². The van der Waals surface area contributed by atoms with E-state index in [9.17, 15) is 0 Å². The van der Waals surface area contributed by atoms with Gasteiger partial charge in [-0.1, -0.05) is 60.7 Å². The standard InChI is InChI=1S/C22H18N4O/c1-26(23-16-19-13-8-14-27-19)22-24-20(17-9-4-2-5-10-17)15-21(25-22)18-11-6-3-7-12-18/h2-16H,1H3. The van der Waals surface area contributed by atoms with E-state index < -0.39 is 0 Å². The maximum Gasteiger partial charge on any atom is 0.247 e. The number of hydrogen-bond acceptors (Lipinski definition) is 5. The quantitative estimate of drug-likeness (QED) is 0.379. The van der Waals surface area contributed by atoms with Crippen LogP contribution < -0.4 is 5.01 Å². The molecule has 4 aromatic rings. The Labute approximate surface area is 157 Å². The minimum atomic E-state index is 0.512. The minimum Gasteiger partial charge on any atom is -0.463 e. The van der Waals surface area contributed by atoms with Crippen LogP contribution in [0.3, 0.4) is 0 Å². The van der Waals surface area contributed by atoms with Gasteiger partial charge in [0.25, 0.3) is 0 Å². The van der Waals surface area contributed by atoms with Crippen LogP contribution in [0.25, 0.3) is 22.5 Å². The Morgan fingerprint density at radius 1 is 0.815 bits per heavy atom. The number of benzene rings is 2. The van der Waals surface area contributed by atoms with E-state index >= 15 is 0 Å². The van der Waals surface area contributed by atoms with Crippen molar-refractivity contribution >= 4 is 12.2 Å². The minimum absolute atomic E-state index is 0.512. The van der Waals surface area contributed by atoms with Crippen LogP contribution in [0.2, 0.25) is 0 Å². The van der Waals surface area contributed by atoms with Crippen molar-refractivity contribution in [2.24, 2.45) is 5.10 Å². The molecular formula is C22H18N4O. The third-order valence-electron chi connectivity index (χ3n) is 4.04. The molecule has 132 valence electrons. The van der Waals surface area contributed by atoms with E-state index in [0.29, 0.717) is 11.7 Å². The zero-order valence-corrected chi connectivity index (χ0v) is 14.9. The molecule has 4 rings (SSSR count). The first kappa shape index (κ1) is 16.7. The summed E-state index contributed by atoms with van der Waals surface area (Å²) in [7, 11) is 1.82. The molecule has 0 spiro atoms. The SMILES string of the molecule is CN(N=Cc1ccco1)c1nc(-c2ccccc2)cc(-c2ccccc2)n1. The van der Waals surface area contributed by atoms with Crippen LogP contribution >= 0.6 is 0 Å². The molecule has 0 fully saturated rings. The van der Waals surface area contributed by atoms with Crippen molar-refractivity contribution < 1.29 is 4.42 Å². The summed E-state index contributed by atoms with van der Waals surface area (Å²) in [5.74, 6) is 1.18. The molecule has 2 heterocycles. The summed E-state index contributed by atoms with van der Waals surface area (Å²) in [4.78, 5) is 9.40. The van der Waals surface area contributed by atoms with Gasteiger partial charge in [-0.25, -0.2) is 15.0 Å². The molecule has 27 heavy (non-hydrogen) atoms. The largest absolute Gasteiger partial charge is 0.463 e. The molecule has 0 aliphatic carbocycles. The van der Waals surface area contributed by atoms with Crippen molar-refractivity contribution in [3.05, 3.63) is 90.9 Å². The highest BCUT2D eigenvalue weighted by atomic mass is 16.3. The van der Waals surface area contributed by atoms with E-state index in [0.717, 1.165) is 22.5 Å². The molecule has 0 aliphatic heterocycles. The molecule has 0 saturated heterocycles. The topological polar surface area (TPSA) is 54.5 Å². The maximum atomic E-state index is 5.29. The second-order valence-corrected chi connectivity index (χ2v) is 5.95. The van der Waals surface area contributed by atoms with Crippen molar-refractivity contribution in [3.63, 3.8) is 0 Å². The van der Waals surface area contributed by atoms with Crippen molar-refractivity contribution in [1.29, 1.82) is 0 Å². The fourth-order valence-corrected chi connectivity index (χ4v) is 2.65. The lowest BCUT2D eigenvalue weighted by Gasteiger charge is -2.14. The normalized spacial score (nSPS) is 11.0. The van der Waals surface area contributed by atoms with Gasteiger partial charge in [-0.05, 0) is 18.2 Å². The maximum absolute atomic E-state index is 5.29. The average molecular weight is 354 g/mol. The van der Waals surface area contributed by atoms with Gasteiger partial charge in [0.1, 0.15) is 5.76 Å². The lowest BCUT2D eigenvalue weighted by Crippen LogP contribution is -2.13. The van der Waals surface area contributed by atoms with Crippen LogP contribution in [0.1, 0.15) is 5.76 Å². The fourth-order valence-electron chi connectivity index (χ4n) is 2.65. The molecule has 0 aliphatic rings. The molecule has 0 radical (unpaired) electrons. The van der Waals surface area contributed by atoms with E-state index in [4.69, 9.17) is 14.4 Å². The third kappa shape index (κ3) is 3.93. The summed E-state index contributed by atoms with van der Waals surface area (Å²) in [6, 6.07) is 25.8. The monoisotopic (exact) mass is 354 g/mol. The molecule has 2 aromatic carbocycles. The van der Waals surface area contributed by atoms with Crippen LogP contribution in [0, 0.1) is 0 Å². The van der Waals surface area contributed by atoms with Gasteiger partial charge in [-0.3, -0.25) is 0 Å². The molecule has 0 N–H and O–H groups in total. The Bertz CT molecular complexity index is 971. The van der Waals surface area contributed by atoms with Crippen LogP contribution in [-0.4, -0.2) is 23.2 Å². The molecule has 5 heteroatoms. The molecule has 0 unspecified atom stereocenters. The number of anilines is 1. The highest BCUT2D eigenvalue weighted by Crippen LogP contribution is 2.26. The van der Waals surface area contributed by atoms with Crippen molar-refractivity contribution in [2.45, 2.75) is 0 Å². The van der Waals surface area contributed by atoms with Crippen molar-refractivity contribution in [1.82, 2.24) is 9.97 Å². The smallest absolute Gasteiger partial charge is 0.247 e. The molecule has 0 saturated carbocycles. The first-order valence-electron chi connectivity index (χ1n) is 8.61. The summed E-state index contributed by atoms with van der Waals surface area (Å²) in [5.41, 5.74) is 3.75. The predicted molar refractivity (Wildman–Crippen MR) is 108 cm³/mol. The van der Waals surface area contributed by atoms with Gasteiger partial charge in [0.05, 0.1) is 23.9 Å². The van der Waals surface area contributed by atoms with Gasteiger partial charge < -0.3 is 4.42 Å². The summed E-state index contributed by atoms with van der Waals surface area (Å²) in [6.45, 7) is 0. The number of furan rings is 1. The fraction of sp³-hybridized carbons (Fsp3) is 0.0455. The van der Waals surface area contributed by atoms with E-state index in [1.54, 1.807) is 17.5 Å². The van der Waals surface area contributed by atoms with Gasteiger partial charge in [0, 0.05) is 18.2 Å². The second-order valence-electron chi connectivity index (χ2n) is 5.95. The lowest BCUT2D eigenvalue weighted by molar-refractivity contribution is 0.560. The Kier molecular flexibility index (Phi) is 4.74. The molecule has 5 nitrogen and oxygen atoms in total. The van der Waals surface area contributed by atoms with Gasteiger partial charge in [-0.2, -0.15) is 5.10 Å². The van der Waals surface area contributed by atoms with E-state index in [2.05, 4.69) is 5.10 Å². The lowest BCUT2D eigenvalue weighted by atomic mass is 10.1. The number of aromatic nitrogens is 2. The van der Waals surface area contributed by atoms with Crippen molar-refractivity contribution in [3.8, 4) is 22.5 Å². The predicted octanol–water partition coefficient (Wildman–Crippen LogP) is 4.87. The average Bonchev–Trinajstić information content (AvgIpc) is 3.27. The number of nitrogens with zero attached hydrogens (tertiary/aromatic N) is 4. The Morgan fingerprint density at radius 3 is 1.93 bits per heavy atom. The Hall–Kier alpha value is -3.73. The second kappa shape index (κ2) is 7.66. The molecule has 0 atom stereocenters. The van der Waals surface area contributed by atoms with Crippen LogP contribution in [-0.2, 0) is 0 Å².